The van der Waals surface area contributed by atoms with Crippen molar-refractivity contribution in [2.24, 2.45) is 0 Å². The first-order valence-corrected chi connectivity index (χ1v) is 10.6. The highest BCUT2D eigenvalue weighted by Gasteiger charge is 2.43. The van der Waals surface area contributed by atoms with Crippen LogP contribution >= 0.6 is 11.6 Å². The van der Waals surface area contributed by atoms with Gasteiger partial charge in [-0.2, -0.15) is 0 Å². The van der Waals surface area contributed by atoms with Crippen molar-refractivity contribution in [2.75, 3.05) is 11.6 Å². The van der Waals surface area contributed by atoms with Crippen LogP contribution in [0.5, 0.6) is 0 Å². The Bertz CT molecular complexity index is 953. The van der Waals surface area contributed by atoms with Crippen molar-refractivity contribution >= 4 is 33.0 Å². The quantitative estimate of drug-likeness (QED) is 0.783. The van der Waals surface area contributed by atoms with Crippen molar-refractivity contribution in [1.29, 1.82) is 0 Å². The molecule has 1 aliphatic carbocycles. The third-order valence-corrected chi connectivity index (χ3v) is 6.23. The molecule has 26 heavy (non-hydrogen) atoms. The van der Waals surface area contributed by atoms with Crippen LogP contribution in [0.2, 0.25) is 5.02 Å². The van der Waals surface area contributed by atoms with Crippen LogP contribution in [0, 0.1) is 5.82 Å². The summed E-state index contributed by atoms with van der Waals surface area (Å²) in [6.45, 7) is 0. The van der Waals surface area contributed by atoms with E-state index in [4.69, 9.17) is 11.6 Å². The molecule has 1 saturated carbocycles. The lowest BCUT2D eigenvalue weighted by Gasteiger charge is -2.28. The molecule has 0 saturated heterocycles. The molecule has 0 aromatic heterocycles. The molecule has 1 aliphatic rings. The van der Waals surface area contributed by atoms with Crippen molar-refractivity contribution < 1.29 is 17.6 Å². The molecule has 0 aliphatic heterocycles. The number of halogens is 2. The second kappa shape index (κ2) is 7.00. The van der Waals surface area contributed by atoms with E-state index in [-0.39, 0.29) is 16.5 Å². The molecule has 2 aromatic carbocycles. The minimum absolute atomic E-state index is 0.0440. The lowest BCUT2D eigenvalue weighted by Crippen LogP contribution is -2.38. The zero-order valence-corrected chi connectivity index (χ0v) is 15.8. The highest BCUT2D eigenvalue weighted by molar-refractivity contribution is 7.90. The first-order valence-electron chi connectivity index (χ1n) is 8.29. The van der Waals surface area contributed by atoms with E-state index in [1.165, 1.54) is 6.07 Å². The van der Waals surface area contributed by atoms with Crippen LogP contribution in [0.25, 0.3) is 0 Å². The van der Waals surface area contributed by atoms with Crippen LogP contribution in [0.4, 0.5) is 10.1 Å². The van der Waals surface area contributed by atoms with Crippen molar-refractivity contribution in [1.82, 2.24) is 0 Å². The van der Waals surface area contributed by atoms with Crippen molar-refractivity contribution in [2.45, 2.75) is 36.0 Å². The van der Waals surface area contributed by atoms with E-state index in [0.717, 1.165) is 36.8 Å². The topological polar surface area (TPSA) is 63.2 Å². The van der Waals surface area contributed by atoms with Crippen LogP contribution in [0.15, 0.2) is 47.4 Å². The molecule has 138 valence electrons. The summed E-state index contributed by atoms with van der Waals surface area (Å²) >= 11 is 6.09. The maximum atomic E-state index is 14.2. The minimum atomic E-state index is -3.51. The molecule has 3 rings (SSSR count). The molecular formula is C19H19ClFNO3S. The van der Waals surface area contributed by atoms with Crippen LogP contribution in [-0.4, -0.2) is 20.6 Å². The van der Waals surface area contributed by atoms with E-state index >= 15 is 0 Å². The second-order valence-electron chi connectivity index (χ2n) is 6.67. The summed E-state index contributed by atoms with van der Waals surface area (Å²) in [6, 6.07) is 10.5. The number of hydrogen-bond acceptors (Lipinski definition) is 3. The average Bonchev–Trinajstić information content (AvgIpc) is 3.07. The lowest BCUT2D eigenvalue weighted by molar-refractivity contribution is -0.121. The monoisotopic (exact) mass is 395 g/mol. The van der Waals surface area contributed by atoms with E-state index in [1.807, 2.05) is 6.07 Å². The Morgan fingerprint density at radius 2 is 1.85 bits per heavy atom. The van der Waals surface area contributed by atoms with Crippen LogP contribution in [0.1, 0.15) is 31.2 Å². The number of nitrogens with one attached hydrogen (secondary N) is 1. The number of carbonyl (C=O) groups excluding carboxylic acids is 1. The van der Waals surface area contributed by atoms with E-state index < -0.39 is 21.1 Å². The average molecular weight is 396 g/mol. The lowest BCUT2D eigenvalue weighted by atomic mass is 9.78. The molecule has 0 spiro atoms. The van der Waals surface area contributed by atoms with E-state index in [9.17, 15) is 17.6 Å². The van der Waals surface area contributed by atoms with Gasteiger partial charge in [-0.3, -0.25) is 4.79 Å². The molecule has 4 nitrogen and oxygen atoms in total. The predicted octanol–water partition coefficient (Wildman–Crippen LogP) is 4.33. The first-order chi connectivity index (χ1) is 12.2. The van der Waals surface area contributed by atoms with Gasteiger partial charge in [-0.15, -0.1) is 0 Å². The van der Waals surface area contributed by atoms with E-state index in [0.29, 0.717) is 17.9 Å². The number of hydrogen-bond donors (Lipinski definition) is 1. The smallest absolute Gasteiger partial charge is 0.235 e. The molecule has 1 fully saturated rings. The summed E-state index contributed by atoms with van der Waals surface area (Å²) < 4.78 is 37.6. The number of rotatable bonds is 4. The SMILES string of the molecule is CS(=O)(=O)c1ccc(F)c(NC(=O)C2(c3cccc(Cl)c3)CCCC2)c1. The van der Waals surface area contributed by atoms with Gasteiger partial charge >= 0.3 is 0 Å². The molecule has 0 heterocycles. The fourth-order valence-electron chi connectivity index (χ4n) is 3.48. The maximum absolute atomic E-state index is 14.2. The van der Waals surface area contributed by atoms with Crippen molar-refractivity contribution in [3.05, 3.63) is 58.9 Å². The van der Waals surface area contributed by atoms with Gasteiger partial charge in [-0.1, -0.05) is 36.6 Å². The summed E-state index contributed by atoms with van der Waals surface area (Å²) in [4.78, 5) is 13.0. The molecule has 0 bridgehead atoms. The van der Waals surface area contributed by atoms with Gasteiger partial charge in [0, 0.05) is 11.3 Å². The molecule has 0 unspecified atom stereocenters. The maximum Gasteiger partial charge on any atom is 0.235 e. The zero-order chi connectivity index (χ0) is 18.9. The number of benzene rings is 2. The molecule has 1 N–H and O–H groups in total. The summed E-state index contributed by atoms with van der Waals surface area (Å²) in [7, 11) is -3.51. The van der Waals surface area contributed by atoms with Gasteiger partial charge in [-0.25, -0.2) is 12.8 Å². The van der Waals surface area contributed by atoms with Gasteiger partial charge in [0.2, 0.25) is 5.91 Å². The molecule has 2 aromatic rings. The molecule has 7 heteroatoms. The molecule has 0 atom stereocenters. The fourth-order valence-corrected chi connectivity index (χ4v) is 4.32. The number of anilines is 1. The first kappa shape index (κ1) is 18.9. The summed E-state index contributed by atoms with van der Waals surface area (Å²) in [6.07, 6.45) is 4.06. The van der Waals surface area contributed by atoms with Crippen LogP contribution < -0.4 is 5.32 Å². The van der Waals surface area contributed by atoms with E-state index in [2.05, 4.69) is 5.32 Å². The normalized spacial score (nSPS) is 16.4. The molecule has 0 radical (unpaired) electrons. The molecular weight excluding hydrogens is 377 g/mol. The third kappa shape index (κ3) is 3.62. The van der Waals surface area contributed by atoms with Gasteiger partial charge in [0.25, 0.3) is 0 Å². The summed E-state index contributed by atoms with van der Waals surface area (Å²) in [5, 5.41) is 3.14. The second-order valence-corrected chi connectivity index (χ2v) is 9.12. The number of sulfone groups is 1. The number of amides is 1. The molecule has 1 amide bonds. The van der Waals surface area contributed by atoms with Gasteiger partial charge in [0.1, 0.15) is 5.82 Å². The Balaban J connectivity index is 1.98. The fraction of sp³-hybridized carbons (Fsp3) is 0.316. The van der Waals surface area contributed by atoms with Crippen LogP contribution in [0.3, 0.4) is 0 Å². The Labute approximate surface area is 157 Å². The Kier molecular flexibility index (Phi) is 5.08. The van der Waals surface area contributed by atoms with Gasteiger partial charge in [0.15, 0.2) is 9.84 Å². The largest absolute Gasteiger partial charge is 0.323 e. The van der Waals surface area contributed by atoms with Crippen molar-refractivity contribution in [3.63, 3.8) is 0 Å². The Morgan fingerprint density at radius 1 is 1.15 bits per heavy atom. The summed E-state index contributed by atoms with van der Waals surface area (Å²) in [5.74, 6) is -1.02. The number of carbonyl (C=O) groups is 1. The standard InChI is InChI=1S/C19H19ClFNO3S/c1-26(24,25)15-7-8-16(21)17(12-15)22-18(23)19(9-2-3-10-19)13-5-4-6-14(20)11-13/h4-8,11-12H,2-3,9-10H2,1H3,(H,22,23). The van der Waals surface area contributed by atoms with Gasteiger partial charge in [0.05, 0.1) is 16.0 Å². The van der Waals surface area contributed by atoms with Crippen LogP contribution in [-0.2, 0) is 20.0 Å². The Morgan fingerprint density at radius 3 is 2.46 bits per heavy atom. The third-order valence-electron chi connectivity index (χ3n) is 4.88. The van der Waals surface area contributed by atoms with E-state index in [1.54, 1.807) is 18.2 Å². The zero-order valence-electron chi connectivity index (χ0n) is 14.3. The van der Waals surface area contributed by atoms with Gasteiger partial charge in [-0.05, 0) is 48.7 Å². The predicted molar refractivity (Wildman–Crippen MR) is 99.7 cm³/mol. The summed E-state index contributed by atoms with van der Waals surface area (Å²) in [5.41, 5.74) is -0.135. The van der Waals surface area contributed by atoms with Crippen molar-refractivity contribution in [3.8, 4) is 0 Å². The van der Waals surface area contributed by atoms with Gasteiger partial charge < -0.3 is 5.32 Å². The Hall–Kier alpha value is -1.92. The highest BCUT2D eigenvalue weighted by Crippen LogP contribution is 2.43. The minimum Gasteiger partial charge on any atom is -0.323 e. The highest BCUT2D eigenvalue weighted by atomic mass is 35.5.